The summed E-state index contributed by atoms with van der Waals surface area (Å²) < 4.78 is 15.4. The number of piperidine rings is 1. The largest absolute Gasteiger partial charge is 0.466 e. The highest BCUT2D eigenvalue weighted by Crippen LogP contribution is 2.26. The topological polar surface area (TPSA) is 82.1 Å². The first-order valence-corrected chi connectivity index (χ1v) is 7.99. The molecule has 1 heterocycles. The molecule has 0 aromatic heterocycles. The van der Waals surface area contributed by atoms with Crippen LogP contribution in [0.4, 0.5) is 4.79 Å². The van der Waals surface area contributed by atoms with Gasteiger partial charge >= 0.3 is 18.0 Å². The zero-order valence-electron chi connectivity index (χ0n) is 14.6. The van der Waals surface area contributed by atoms with E-state index in [1.54, 1.807) is 34.6 Å². The molecule has 0 aromatic carbocycles. The molecule has 7 heteroatoms. The summed E-state index contributed by atoms with van der Waals surface area (Å²) in [4.78, 5) is 37.7. The SMILES string of the molecule is CCOC(=O)C1CC(C(=O)OCC)CN(C(=O)OC(C)(C)C)C1. The lowest BCUT2D eigenvalue weighted by Crippen LogP contribution is -2.50. The first kappa shape index (κ1) is 19.3. The van der Waals surface area contributed by atoms with Gasteiger partial charge in [-0.15, -0.1) is 0 Å². The van der Waals surface area contributed by atoms with E-state index in [0.717, 1.165) is 0 Å². The Hall–Kier alpha value is -1.79. The number of likely N-dealkylation sites (tertiary alicyclic amines) is 1. The summed E-state index contributed by atoms with van der Waals surface area (Å²) in [6.07, 6.45) is -0.224. The Balaban J connectivity index is 2.86. The Kier molecular flexibility index (Phi) is 6.84. The van der Waals surface area contributed by atoms with Crippen LogP contribution >= 0.6 is 0 Å². The summed E-state index contributed by atoms with van der Waals surface area (Å²) in [6.45, 7) is 9.61. The van der Waals surface area contributed by atoms with E-state index in [4.69, 9.17) is 14.2 Å². The van der Waals surface area contributed by atoms with Crippen LogP contribution in [0.25, 0.3) is 0 Å². The van der Waals surface area contributed by atoms with Crippen molar-refractivity contribution in [2.75, 3.05) is 26.3 Å². The van der Waals surface area contributed by atoms with Crippen molar-refractivity contribution in [1.29, 1.82) is 0 Å². The molecule has 0 N–H and O–H groups in total. The van der Waals surface area contributed by atoms with E-state index in [0.29, 0.717) is 6.42 Å². The summed E-state index contributed by atoms with van der Waals surface area (Å²) in [7, 11) is 0. The van der Waals surface area contributed by atoms with Crippen molar-refractivity contribution in [3.8, 4) is 0 Å². The fourth-order valence-electron chi connectivity index (χ4n) is 2.44. The molecule has 2 atom stereocenters. The minimum atomic E-state index is -0.645. The lowest BCUT2D eigenvalue weighted by atomic mass is 9.89. The van der Waals surface area contributed by atoms with Crippen LogP contribution in [0.2, 0.25) is 0 Å². The molecular weight excluding hydrogens is 302 g/mol. The highest BCUT2D eigenvalue weighted by Gasteiger charge is 2.39. The van der Waals surface area contributed by atoms with E-state index in [1.807, 2.05) is 0 Å². The average molecular weight is 329 g/mol. The third-order valence-corrected chi connectivity index (χ3v) is 3.34. The molecule has 0 spiro atoms. The summed E-state index contributed by atoms with van der Waals surface area (Å²) in [5, 5.41) is 0. The normalized spacial score (nSPS) is 21.5. The summed E-state index contributed by atoms with van der Waals surface area (Å²) in [5.74, 6) is -1.92. The zero-order valence-corrected chi connectivity index (χ0v) is 14.6. The molecule has 1 rings (SSSR count). The van der Waals surface area contributed by atoms with Crippen LogP contribution in [0.1, 0.15) is 41.0 Å². The molecule has 2 unspecified atom stereocenters. The number of amides is 1. The van der Waals surface area contributed by atoms with Crippen molar-refractivity contribution in [2.24, 2.45) is 11.8 Å². The van der Waals surface area contributed by atoms with Gasteiger partial charge in [0.25, 0.3) is 0 Å². The van der Waals surface area contributed by atoms with Crippen molar-refractivity contribution >= 4 is 18.0 Å². The minimum absolute atomic E-state index is 0.184. The van der Waals surface area contributed by atoms with Crippen LogP contribution in [-0.2, 0) is 23.8 Å². The van der Waals surface area contributed by atoms with Gasteiger partial charge in [-0.25, -0.2) is 4.79 Å². The number of ether oxygens (including phenoxy) is 3. The third kappa shape index (κ3) is 6.08. The van der Waals surface area contributed by atoms with E-state index in [1.165, 1.54) is 4.90 Å². The standard InChI is InChI=1S/C16H27NO6/c1-6-21-13(18)11-8-12(14(19)22-7-2)10-17(9-11)15(20)23-16(3,4)5/h11-12H,6-10H2,1-5H3. The third-order valence-electron chi connectivity index (χ3n) is 3.34. The van der Waals surface area contributed by atoms with Gasteiger partial charge in [-0.2, -0.15) is 0 Å². The molecular formula is C16H27NO6. The quantitative estimate of drug-likeness (QED) is 0.579. The van der Waals surface area contributed by atoms with Crippen molar-refractivity contribution in [3.63, 3.8) is 0 Å². The summed E-state index contributed by atoms with van der Waals surface area (Å²) >= 11 is 0. The average Bonchev–Trinajstić information content (AvgIpc) is 2.45. The number of rotatable bonds is 4. The second-order valence-electron chi connectivity index (χ2n) is 6.52. The van der Waals surface area contributed by atoms with Crippen LogP contribution in [0.5, 0.6) is 0 Å². The predicted molar refractivity (Wildman–Crippen MR) is 82.7 cm³/mol. The molecule has 132 valence electrons. The highest BCUT2D eigenvalue weighted by molar-refractivity contribution is 5.79. The van der Waals surface area contributed by atoms with E-state index in [-0.39, 0.29) is 26.3 Å². The van der Waals surface area contributed by atoms with Crippen molar-refractivity contribution < 1.29 is 28.6 Å². The van der Waals surface area contributed by atoms with Gasteiger partial charge in [-0.1, -0.05) is 0 Å². The van der Waals surface area contributed by atoms with Crippen LogP contribution in [0.15, 0.2) is 0 Å². The number of carbonyl (C=O) groups excluding carboxylic acids is 3. The predicted octanol–water partition coefficient (Wildman–Crippen LogP) is 1.99. The lowest BCUT2D eigenvalue weighted by molar-refractivity contribution is -0.156. The maximum Gasteiger partial charge on any atom is 0.410 e. The van der Waals surface area contributed by atoms with Gasteiger partial charge in [0.2, 0.25) is 0 Å². The molecule has 0 aliphatic carbocycles. The van der Waals surface area contributed by atoms with E-state index in [9.17, 15) is 14.4 Å². The molecule has 1 aliphatic heterocycles. The molecule has 0 bridgehead atoms. The van der Waals surface area contributed by atoms with Gasteiger partial charge in [0, 0.05) is 13.1 Å². The Morgan fingerprint density at radius 2 is 1.39 bits per heavy atom. The number of hydrogen-bond donors (Lipinski definition) is 0. The zero-order chi connectivity index (χ0) is 17.6. The maximum absolute atomic E-state index is 12.3. The fourth-order valence-corrected chi connectivity index (χ4v) is 2.44. The monoisotopic (exact) mass is 329 g/mol. The van der Waals surface area contributed by atoms with Gasteiger partial charge in [0.05, 0.1) is 25.0 Å². The van der Waals surface area contributed by atoms with E-state index in [2.05, 4.69) is 0 Å². The number of esters is 2. The van der Waals surface area contributed by atoms with E-state index < -0.39 is 35.5 Å². The van der Waals surface area contributed by atoms with Crippen LogP contribution in [-0.4, -0.2) is 54.8 Å². The Morgan fingerprint density at radius 3 is 1.74 bits per heavy atom. The second kappa shape index (κ2) is 8.17. The molecule has 0 aromatic rings. The fraction of sp³-hybridized carbons (Fsp3) is 0.812. The Bertz CT molecular complexity index is 416. The van der Waals surface area contributed by atoms with Gasteiger partial charge in [-0.05, 0) is 41.0 Å². The van der Waals surface area contributed by atoms with E-state index >= 15 is 0 Å². The first-order valence-electron chi connectivity index (χ1n) is 7.99. The van der Waals surface area contributed by atoms with Crippen LogP contribution in [0.3, 0.4) is 0 Å². The summed E-state index contributed by atoms with van der Waals surface area (Å²) in [6, 6.07) is 0. The van der Waals surface area contributed by atoms with Gasteiger partial charge in [-0.3, -0.25) is 9.59 Å². The Morgan fingerprint density at radius 1 is 0.957 bits per heavy atom. The van der Waals surface area contributed by atoms with Crippen molar-refractivity contribution in [3.05, 3.63) is 0 Å². The lowest BCUT2D eigenvalue weighted by Gasteiger charge is -2.36. The van der Waals surface area contributed by atoms with Crippen molar-refractivity contribution in [2.45, 2.75) is 46.6 Å². The molecule has 7 nitrogen and oxygen atoms in total. The van der Waals surface area contributed by atoms with Gasteiger partial charge in [0.1, 0.15) is 5.60 Å². The first-order chi connectivity index (χ1) is 10.7. The molecule has 0 saturated carbocycles. The van der Waals surface area contributed by atoms with Crippen LogP contribution < -0.4 is 0 Å². The molecule has 1 saturated heterocycles. The number of hydrogen-bond acceptors (Lipinski definition) is 6. The van der Waals surface area contributed by atoms with Gasteiger partial charge < -0.3 is 19.1 Å². The number of nitrogens with zero attached hydrogens (tertiary/aromatic N) is 1. The molecule has 1 aliphatic rings. The van der Waals surface area contributed by atoms with Crippen LogP contribution in [0, 0.1) is 11.8 Å². The minimum Gasteiger partial charge on any atom is -0.466 e. The molecule has 23 heavy (non-hydrogen) atoms. The second-order valence-corrected chi connectivity index (χ2v) is 6.52. The maximum atomic E-state index is 12.3. The molecule has 1 fully saturated rings. The molecule has 0 radical (unpaired) electrons. The van der Waals surface area contributed by atoms with Gasteiger partial charge in [0.15, 0.2) is 0 Å². The van der Waals surface area contributed by atoms with Crippen molar-refractivity contribution in [1.82, 2.24) is 4.90 Å². The Labute approximate surface area is 137 Å². The molecule has 1 amide bonds. The number of carbonyl (C=O) groups is 3. The summed E-state index contributed by atoms with van der Waals surface area (Å²) in [5.41, 5.74) is -0.645. The highest BCUT2D eigenvalue weighted by atomic mass is 16.6. The smallest absolute Gasteiger partial charge is 0.410 e.